The first-order valence-electron chi connectivity index (χ1n) is 5.65. The summed E-state index contributed by atoms with van der Waals surface area (Å²) in [5, 5.41) is 10.4. The van der Waals surface area contributed by atoms with Crippen molar-refractivity contribution in [3.05, 3.63) is 12.7 Å². The van der Waals surface area contributed by atoms with E-state index in [1.54, 1.807) is 13.2 Å². The van der Waals surface area contributed by atoms with Crippen LogP contribution >= 0.6 is 0 Å². The molecular weight excluding hydrogens is 192 g/mol. The predicted molar refractivity (Wildman–Crippen MR) is 59.5 cm³/mol. The van der Waals surface area contributed by atoms with Crippen LogP contribution in [0.4, 0.5) is 0 Å². The van der Waals surface area contributed by atoms with Gasteiger partial charge >= 0.3 is 0 Å². The van der Waals surface area contributed by atoms with E-state index in [4.69, 9.17) is 9.47 Å². The highest BCUT2D eigenvalue weighted by Gasteiger charge is 2.34. The van der Waals surface area contributed by atoms with Crippen molar-refractivity contribution >= 4 is 0 Å². The summed E-state index contributed by atoms with van der Waals surface area (Å²) in [6.07, 6.45) is 7.44. The molecule has 0 radical (unpaired) electrons. The second kappa shape index (κ2) is 6.26. The van der Waals surface area contributed by atoms with Gasteiger partial charge in [-0.05, 0) is 18.8 Å². The Hall–Kier alpha value is -0.380. The van der Waals surface area contributed by atoms with Gasteiger partial charge in [-0.1, -0.05) is 25.3 Å². The van der Waals surface area contributed by atoms with Gasteiger partial charge in [-0.25, -0.2) is 0 Å². The first-order chi connectivity index (χ1) is 7.23. The van der Waals surface area contributed by atoms with Gasteiger partial charge in [0.25, 0.3) is 0 Å². The minimum absolute atomic E-state index is 0.225. The van der Waals surface area contributed by atoms with E-state index in [0.717, 1.165) is 12.8 Å². The number of methoxy groups -OCH3 is 1. The lowest BCUT2D eigenvalue weighted by atomic mass is 9.77. The second-order valence-electron chi connectivity index (χ2n) is 4.29. The molecule has 1 atom stereocenters. The summed E-state index contributed by atoms with van der Waals surface area (Å²) in [6.45, 7) is 4.23. The summed E-state index contributed by atoms with van der Waals surface area (Å²) in [5.41, 5.74) is -0.876. The molecule has 1 unspecified atom stereocenters. The third-order valence-corrected chi connectivity index (χ3v) is 3.20. The van der Waals surface area contributed by atoms with E-state index in [0.29, 0.717) is 5.92 Å². The average Bonchev–Trinajstić information content (AvgIpc) is 2.30. The first-order valence-corrected chi connectivity index (χ1v) is 5.65. The monoisotopic (exact) mass is 214 g/mol. The highest BCUT2D eigenvalue weighted by atomic mass is 16.7. The van der Waals surface area contributed by atoms with Crippen molar-refractivity contribution in [1.82, 2.24) is 0 Å². The van der Waals surface area contributed by atoms with Crippen molar-refractivity contribution in [2.45, 2.75) is 37.7 Å². The third-order valence-electron chi connectivity index (χ3n) is 3.20. The van der Waals surface area contributed by atoms with Crippen molar-refractivity contribution in [3.8, 4) is 0 Å². The highest BCUT2D eigenvalue weighted by Crippen LogP contribution is 2.33. The Morgan fingerprint density at radius 1 is 1.40 bits per heavy atom. The molecule has 0 aromatic rings. The van der Waals surface area contributed by atoms with Crippen LogP contribution in [0.1, 0.15) is 32.1 Å². The fraction of sp³-hybridized carbons (Fsp3) is 0.833. The standard InChI is InChI=1S/C12H22O3/c1-3-12(13,9-15-10-14-2)11-7-5-4-6-8-11/h3,11,13H,1,4-10H2,2H3. The van der Waals surface area contributed by atoms with Crippen LogP contribution in [-0.2, 0) is 9.47 Å². The van der Waals surface area contributed by atoms with E-state index in [-0.39, 0.29) is 13.4 Å². The molecule has 3 nitrogen and oxygen atoms in total. The zero-order valence-electron chi connectivity index (χ0n) is 9.58. The lowest BCUT2D eigenvalue weighted by molar-refractivity contribution is -0.107. The van der Waals surface area contributed by atoms with Gasteiger partial charge in [0.1, 0.15) is 12.4 Å². The Bertz CT molecular complexity index is 187. The average molecular weight is 214 g/mol. The van der Waals surface area contributed by atoms with Gasteiger partial charge in [0.05, 0.1) is 6.61 Å². The van der Waals surface area contributed by atoms with E-state index < -0.39 is 5.60 Å². The van der Waals surface area contributed by atoms with Gasteiger partial charge < -0.3 is 14.6 Å². The molecule has 15 heavy (non-hydrogen) atoms. The number of hydrogen-bond donors (Lipinski definition) is 1. The number of hydrogen-bond acceptors (Lipinski definition) is 3. The van der Waals surface area contributed by atoms with E-state index in [1.807, 2.05) is 0 Å². The maximum absolute atomic E-state index is 10.4. The normalized spacial score (nSPS) is 22.3. The fourth-order valence-electron chi connectivity index (χ4n) is 2.23. The molecular formula is C12H22O3. The van der Waals surface area contributed by atoms with E-state index >= 15 is 0 Å². The van der Waals surface area contributed by atoms with Gasteiger partial charge in [-0.3, -0.25) is 0 Å². The van der Waals surface area contributed by atoms with Crippen molar-refractivity contribution in [2.24, 2.45) is 5.92 Å². The van der Waals surface area contributed by atoms with Crippen molar-refractivity contribution in [1.29, 1.82) is 0 Å². The predicted octanol–water partition coefficient (Wildman–Crippen LogP) is 2.10. The summed E-state index contributed by atoms with van der Waals surface area (Å²) < 4.78 is 10.1. The third kappa shape index (κ3) is 3.59. The van der Waals surface area contributed by atoms with E-state index in [9.17, 15) is 5.11 Å². The van der Waals surface area contributed by atoms with Crippen molar-refractivity contribution in [3.63, 3.8) is 0 Å². The van der Waals surface area contributed by atoms with Crippen LogP contribution in [0.3, 0.4) is 0 Å². The topological polar surface area (TPSA) is 38.7 Å². The summed E-state index contributed by atoms with van der Waals surface area (Å²) in [7, 11) is 1.58. The van der Waals surface area contributed by atoms with Crippen molar-refractivity contribution < 1.29 is 14.6 Å². The molecule has 1 saturated carbocycles. The highest BCUT2D eigenvalue weighted by molar-refractivity contribution is 5.01. The molecule has 88 valence electrons. The molecule has 0 aliphatic heterocycles. The summed E-state index contributed by atoms with van der Waals surface area (Å²) in [5.74, 6) is 0.292. The van der Waals surface area contributed by atoms with Crippen LogP contribution < -0.4 is 0 Å². The number of aliphatic hydroxyl groups is 1. The zero-order valence-corrected chi connectivity index (χ0v) is 9.58. The Labute approximate surface area is 92.1 Å². The molecule has 1 rings (SSSR count). The summed E-state index contributed by atoms with van der Waals surface area (Å²) in [4.78, 5) is 0. The molecule has 1 fully saturated rings. The van der Waals surface area contributed by atoms with Gasteiger partial charge in [-0.2, -0.15) is 0 Å². The SMILES string of the molecule is C=CC(O)(COCOC)C1CCCCC1. The van der Waals surface area contributed by atoms with Gasteiger partial charge in [0, 0.05) is 7.11 Å². The number of ether oxygens (including phenoxy) is 2. The van der Waals surface area contributed by atoms with Crippen LogP contribution in [0.5, 0.6) is 0 Å². The smallest absolute Gasteiger partial charge is 0.146 e. The van der Waals surface area contributed by atoms with E-state index in [1.165, 1.54) is 19.3 Å². The molecule has 0 heterocycles. The Morgan fingerprint density at radius 3 is 2.60 bits per heavy atom. The largest absolute Gasteiger partial charge is 0.383 e. The quantitative estimate of drug-likeness (QED) is 0.418. The Balaban J connectivity index is 2.45. The molecule has 0 bridgehead atoms. The van der Waals surface area contributed by atoms with Gasteiger partial charge in [-0.15, -0.1) is 6.58 Å². The lowest BCUT2D eigenvalue weighted by Gasteiger charge is -2.35. The van der Waals surface area contributed by atoms with Crippen LogP contribution in [0.25, 0.3) is 0 Å². The zero-order chi connectivity index (χ0) is 11.1. The minimum atomic E-state index is -0.876. The van der Waals surface area contributed by atoms with Gasteiger partial charge in [0.15, 0.2) is 0 Å². The summed E-state index contributed by atoms with van der Waals surface area (Å²) >= 11 is 0. The maximum atomic E-state index is 10.4. The van der Waals surface area contributed by atoms with Crippen LogP contribution in [-0.4, -0.2) is 31.2 Å². The fourth-order valence-corrected chi connectivity index (χ4v) is 2.23. The number of rotatable bonds is 6. The van der Waals surface area contributed by atoms with Crippen LogP contribution in [0.2, 0.25) is 0 Å². The molecule has 3 heteroatoms. The van der Waals surface area contributed by atoms with Crippen LogP contribution in [0, 0.1) is 5.92 Å². The molecule has 0 saturated heterocycles. The second-order valence-corrected chi connectivity index (χ2v) is 4.29. The summed E-state index contributed by atoms with van der Waals surface area (Å²) in [6, 6.07) is 0. The first kappa shape index (κ1) is 12.7. The van der Waals surface area contributed by atoms with Gasteiger partial charge in [0.2, 0.25) is 0 Å². The molecule has 1 aliphatic carbocycles. The van der Waals surface area contributed by atoms with E-state index in [2.05, 4.69) is 6.58 Å². The Kier molecular flexibility index (Phi) is 5.29. The molecule has 1 aliphatic rings. The lowest BCUT2D eigenvalue weighted by Crippen LogP contribution is -2.41. The maximum Gasteiger partial charge on any atom is 0.146 e. The molecule has 0 aromatic heterocycles. The molecule has 0 aromatic carbocycles. The van der Waals surface area contributed by atoms with Crippen molar-refractivity contribution in [2.75, 3.05) is 20.5 Å². The molecule has 0 spiro atoms. The Morgan fingerprint density at radius 2 is 2.07 bits per heavy atom. The molecule has 1 N–H and O–H groups in total. The molecule has 0 amide bonds. The van der Waals surface area contributed by atoms with Crippen LogP contribution in [0.15, 0.2) is 12.7 Å². The minimum Gasteiger partial charge on any atom is -0.383 e.